The van der Waals surface area contributed by atoms with Crippen LogP contribution in [0.15, 0.2) is 47.4 Å². The van der Waals surface area contributed by atoms with Crippen LogP contribution in [0, 0.1) is 5.92 Å². The van der Waals surface area contributed by atoms with Crippen molar-refractivity contribution < 1.29 is 14.6 Å². The van der Waals surface area contributed by atoms with Crippen molar-refractivity contribution in [2.24, 2.45) is 5.92 Å². The Morgan fingerprint density at radius 2 is 2.08 bits per heavy atom. The van der Waals surface area contributed by atoms with E-state index in [9.17, 15) is 14.7 Å². The molecular formula is C19H22N2O4. The Balaban J connectivity index is 1.74. The van der Waals surface area contributed by atoms with Crippen LogP contribution in [0.5, 0.6) is 5.75 Å². The molecule has 1 heterocycles. The zero-order valence-electron chi connectivity index (χ0n) is 14.1. The second kappa shape index (κ2) is 7.53. The summed E-state index contributed by atoms with van der Waals surface area (Å²) in [4.78, 5) is 27.2. The number of pyridine rings is 1. The Morgan fingerprint density at radius 3 is 2.68 bits per heavy atom. The molecule has 6 nitrogen and oxygen atoms in total. The van der Waals surface area contributed by atoms with Crippen molar-refractivity contribution in [1.82, 2.24) is 10.3 Å². The van der Waals surface area contributed by atoms with Crippen molar-refractivity contribution in [3.05, 3.63) is 64.1 Å². The third-order valence-corrected chi connectivity index (χ3v) is 4.68. The number of aliphatic hydroxyl groups is 1. The molecule has 1 aliphatic rings. The molecule has 6 heteroatoms. The molecule has 3 N–H and O–H groups in total. The van der Waals surface area contributed by atoms with Crippen molar-refractivity contribution in [3.8, 4) is 5.75 Å². The van der Waals surface area contributed by atoms with E-state index in [1.165, 1.54) is 19.4 Å². The van der Waals surface area contributed by atoms with Crippen LogP contribution in [0.1, 0.15) is 28.9 Å². The minimum atomic E-state index is -0.343. The lowest BCUT2D eigenvalue weighted by molar-refractivity contribution is 0.0239. The fraction of sp³-hybridized carbons (Fsp3) is 0.368. The summed E-state index contributed by atoms with van der Waals surface area (Å²) in [7, 11) is 1.40. The number of carbonyl (C=O) groups excluding carboxylic acids is 1. The van der Waals surface area contributed by atoms with Gasteiger partial charge in [-0.05, 0) is 30.7 Å². The number of methoxy groups -OCH3 is 1. The molecule has 1 aromatic heterocycles. The predicted molar refractivity (Wildman–Crippen MR) is 93.7 cm³/mol. The van der Waals surface area contributed by atoms with Gasteiger partial charge in [0, 0.05) is 18.3 Å². The average Bonchev–Trinajstić information content (AvgIpc) is 2.59. The smallest absolute Gasteiger partial charge is 0.268 e. The van der Waals surface area contributed by atoms with Gasteiger partial charge >= 0.3 is 0 Å². The maximum absolute atomic E-state index is 12.5. The largest absolute Gasteiger partial charge is 0.491 e. The molecule has 1 fully saturated rings. The second-order valence-corrected chi connectivity index (χ2v) is 6.43. The highest BCUT2D eigenvalue weighted by molar-refractivity contribution is 5.92. The van der Waals surface area contributed by atoms with Gasteiger partial charge in [-0.2, -0.15) is 0 Å². The summed E-state index contributed by atoms with van der Waals surface area (Å²) < 4.78 is 4.91. The molecule has 1 saturated carbocycles. The van der Waals surface area contributed by atoms with Crippen molar-refractivity contribution in [3.63, 3.8) is 0 Å². The van der Waals surface area contributed by atoms with E-state index >= 15 is 0 Å². The number of ether oxygens (including phenoxy) is 1. The molecule has 0 aliphatic heterocycles. The van der Waals surface area contributed by atoms with Gasteiger partial charge in [0.1, 0.15) is 5.69 Å². The maximum Gasteiger partial charge on any atom is 0.268 e. The molecule has 2 aromatic rings. The number of nitrogens with one attached hydrogen (secondary N) is 2. The number of hydrogen-bond donors (Lipinski definition) is 3. The van der Waals surface area contributed by atoms with E-state index in [0.717, 1.165) is 5.56 Å². The van der Waals surface area contributed by atoms with Crippen LogP contribution >= 0.6 is 0 Å². The van der Waals surface area contributed by atoms with Gasteiger partial charge in [0.25, 0.3) is 5.91 Å². The Labute approximate surface area is 145 Å². The summed E-state index contributed by atoms with van der Waals surface area (Å²) in [5.41, 5.74) is 0.978. The number of amides is 1. The van der Waals surface area contributed by atoms with E-state index in [0.29, 0.717) is 19.3 Å². The highest BCUT2D eigenvalue weighted by Crippen LogP contribution is 2.31. The topological polar surface area (TPSA) is 91.4 Å². The van der Waals surface area contributed by atoms with Gasteiger partial charge in [-0.15, -0.1) is 0 Å². The van der Waals surface area contributed by atoms with E-state index < -0.39 is 0 Å². The lowest BCUT2D eigenvalue weighted by atomic mass is 9.75. The molecule has 25 heavy (non-hydrogen) atoms. The van der Waals surface area contributed by atoms with Crippen molar-refractivity contribution >= 4 is 5.91 Å². The standard InChI is InChI=1S/C19H22N2O4/c1-25-18-11-20-16(10-17(18)23)19(24)21-15(13-8-14(22)9-13)7-12-5-3-2-4-6-12/h2-6,10-11,13-15,22H,7-9H2,1H3,(H,20,23)(H,21,24)/t13?,14?,15-/m1/s1. The van der Waals surface area contributed by atoms with Crippen molar-refractivity contribution in [1.29, 1.82) is 0 Å². The highest BCUT2D eigenvalue weighted by atomic mass is 16.5. The van der Waals surface area contributed by atoms with Crippen LogP contribution < -0.4 is 15.5 Å². The van der Waals surface area contributed by atoms with Crippen LogP contribution in [0.4, 0.5) is 0 Å². The third kappa shape index (κ3) is 4.09. The first kappa shape index (κ1) is 17.2. The monoisotopic (exact) mass is 342 g/mol. The van der Waals surface area contributed by atoms with Gasteiger partial charge in [0.2, 0.25) is 5.43 Å². The molecule has 0 spiro atoms. The van der Waals surface area contributed by atoms with E-state index in [4.69, 9.17) is 4.74 Å². The summed E-state index contributed by atoms with van der Waals surface area (Å²) in [6.07, 6.45) is 3.13. The van der Waals surface area contributed by atoms with Gasteiger partial charge in [-0.1, -0.05) is 30.3 Å². The zero-order chi connectivity index (χ0) is 17.8. The summed E-state index contributed by atoms with van der Waals surface area (Å²) >= 11 is 0. The van der Waals surface area contributed by atoms with Gasteiger partial charge in [-0.25, -0.2) is 0 Å². The molecule has 1 atom stereocenters. The lowest BCUT2D eigenvalue weighted by Crippen LogP contribution is -2.48. The molecule has 132 valence electrons. The summed E-state index contributed by atoms with van der Waals surface area (Å²) in [6, 6.07) is 11.1. The summed E-state index contributed by atoms with van der Waals surface area (Å²) in [6.45, 7) is 0. The van der Waals surface area contributed by atoms with Crippen molar-refractivity contribution in [2.75, 3.05) is 7.11 Å². The van der Waals surface area contributed by atoms with E-state index in [2.05, 4.69) is 10.3 Å². The van der Waals surface area contributed by atoms with Crippen LogP contribution in [-0.2, 0) is 6.42 Å². The van der Waals surface area contributed by atoms with E-state index in [-0.39, 0.29) is 40.8 Å². The molecule has 0 unspecified atom stereocenters. The number of aromatic amines is 1. The van der Waals surface area contributed by atoms with E-state index in [1.54, 1.807) is 0 Å². The number of rotatable bonds is 6. The summed E-state index contributed by atoms with van der Waals surface area (Å²) in [5, 5.41) is 12.6. The fourth-order valence-corrected chi connectivity index (χ4v) is 3.16. The Morgan fingerprint density at radius 1 is 1.36 bits per heavy atom. The lowest BCUT2D eigenvalue weighted by Gasteiger charge is -2.38. The minimum absolute atomic E-state index is 0.0936. The molecule has 1 aromatic carbocycles. The number of aromatic nitrogens is 1. The first-order chi connectivity index (χ1) is 12.1. The Hall–Kier alpha value is -2.60. The predicted octanol–water partition coefficient (Wildman–Crippen LogP) is 1.50. The first-order valence-corrected chi connectivity index (χ1v) is 8.36. The van der Waals surface area contributed by atoms with Gasteiger partial charge < -0.3 is 20.1 Å². The van der Waals surface area contributed by atoms with Gasteiger partial charge in [-0.3, -0.25) is 9.59 Å². The molecule has 1 aliphatic carbocycles. The Kier molecular flexibility index (Phi) is 5.19. The van der Waals surface area contributed by atoms with E-state index in [1.807, 2.05) is 30.3 Å². The first-order valence-electron chi connectivity index (χ1n) is 8.36. The average molecular weight is 342 g/mol. The summed E-state index contributed by atoms with van der Waals surface area (Å²) in [5.74, 6) is 0.0608. The zero-order valence-corrected chi connectivity index (χ0v) is 14.1. The normalized spacial score (nSPS) is 20.4. The fourth-order valence-electron chi connectivity index (χ4n) is 3.16. The Bertz CT molecular complexity index is 782. The number of carbonyl (C=O) groups is 1. The molecule has 1 amide bonds. The maximum atomic E-state index is 12.5. The molecule has 0 radical (unpaired) electrons. The van der Waals surface area contributed by atoms with Crippen LogP contribution in [0.2, 0.25) is 0 Å². The highest BCUT2D eigenvalue weighted by Gasteiger charge is 2.35. The quantitative estimate of drug-likeness (QED) is 0.742. The second-order valence-electron chi connectivity index (χ2n) is 6.43. The number of aliphatic hydroxyl groups excluding tert-OH is 1. The van der Waals surface area contributed by atoms with Gasteiger partial charge in [0.15, 0.2) is 5.75 Å². The van der Waals surface area contributed by atoms with Gasteiger partial charge in [0.05, 0.1) is 13.2 Å². The number of hydrogen-bond acceptors (Lipinski definition) is 4. The third-order valence-electron chi connectivity index (χ3n) is 4.68. The minimum Gasteiger partial charge on any atom is -0.491 e. The molecular weight excluding hydrogens is 320 g/mol. The van der Waals surface area contributed by atoms with Crippen LogP contribution in [0.3, 0.4) is 0 Å². The number of benzene rings is 1. The van der Waals surface area contributed by atoms with Crippen molar-refractivity contribution in [2.45, 2.75) is 31.4 Å². The molecule has 0 bridgehead atoms. The number of H-pyrrole nitrogens is 1. The van der Waals surface area contributed by atoms with Crippen LogP contribution in [0.25, 0.3) is 0 Å². The SMILES string of the molecule is COc1c[nH]c(C(=O)N[C@H](Cc2ccccc2)C2CC(O)C2)cc1=O. The molecule has 3 rings (SSSR count). The molecule has 0 saturated heterocycles. The van der Waals surface area contributed by atoms with Crippen LogP contribution in [-0.4, -0.2) is 35.3 Å².